The Morgan fingerprint density at radius 1 is 1.58 bits per heavy atom. The summed E-state index contributed by atoms with van der Waals surface area (Å²) in [6.45, 7) is 1.14. The van der Waals surface area contributed by atoms with Crippen LogP contribution in [0, 0.1) is 0 Å². The average molecular weight is 246 g/mol. The van der Waals surface area contributed by atoms with Gasteiger partial charge < -0.3 is 5.32 Å². The van der Waals surface area contributed by atoms with E-state index in [9.17, 15) is 0 Å². The molecule has 12 heavy (non-hydrogen) atoms. The fourth-order valence-electron chi connectivity index (χ4n) is 1.17. The molecule has 1 N–H and O–H groups in total. The quantitative estimate of drug-likeness (QED) is 0.861. The zero-order valence-electron chi connectivity index (χ0n) is 6.85. The number of halogens is 1. The van der Waals surface area contributed by atoms with Crippen molar-refractivity contribution in [3.63, 3.8) is 0 Å². The molecule has 66 valence electrons. The first kappa shape index (κ1) is 8.73. The van der Waals surface area contributed by atoms with Gasteiger partial charge in [-0.05, 0) is 41.3 Å². The van der Waals surface area contributed by atoms with Crippen LogP contribution in [0.1, 0.15) is 17.7 Å². The molecule has 0 unspecified atom stereocenters. The molecule has 0 radical (unpaired) electrons. The van der Waals surface area contributed by atoms with Crippen molar-refractivity contribution in [2.24, 2.45) is 0 Å². The lowest BCUT2D eigenvalue weighted by molar-refractivity contribution is 0.685. The minimum absolute atomic E-state index is 0.841. The molecule has 1 aliphatic carbocycles. The highest BCUT2D eigenvalue weighted by Crippen LogP contribution is 2.21. The monoisotopic (exact) mass is 245 g/mol. The summed E-state index contributed by atoms with van der Waals surface area (Å²) in [5, 5.41) is 5.65. The van der Waals surface area contributed by atoms with Crippen molar-refractivity contribution in [3.05, 3.63) is 20.8 Å². The van der Waals surface area contributed by atoms with E-state index in [-0.39, 0.29) is 0 Å². The lowest BCUT2D eigenvalue weighted by atomic mass is 10.3. The van der Waals surface area contributed by atoms with Crippen molar-refractivity contribution in [2.45, 2.75) is 25.3 Å². The van der Waals surface area contributed by atoms with E-state index in [1.807, 2.05) is 11.3 Å². The highest BCUT2D eigenvalue weighted by Gasteiger charge is 2.19. The van der Waals surface area contributed by atoms with E-state index in [1.54, 1.807) is 0 Å². The van der Waals surface area contributed by atoms with E-state index >= 15 is 0 Å². The lowest BCUT2D eigenvalue weighted by Crippen LogP contribution is -2.18. The van der Waals surface area contributed by atoms with Gasteiger partial charge >= 0.3 is 0 Å². The molecule has 1 aliphatic rings. The molecular weight excluding hydrogens is 234 g/mol. The molecule has 0 amide bonds. The second-order valence-corrected chi connectivity index (χ2v) is 5.12. The maximum absolute atomic E-state index is 3.51. The highest BCUT2D eigenvalue weighted by atomic mass is 79.9. The third-order valence-electron chi connectivity index (χ3n) is 2.00. The Morgan fingerprint density at radius 3 is 3.00 bits per heavy atom. The van der Waals surface area contributed by atoms with Crippen LogP contribution in [-0.4, -0.2) is 12.6 Å². The first-order valence-electron chi connectivity index (χ1n) is 4.31. The Labute approximate surface area is 85.3 Å². The number of nitrogens with one attached hydrogen (secondary N) is 1. The Hall–Kier alpha value is 0.140. The fraction of sp³-hybridized carbons (Fsp3) is 0.556. The van der Waals surface area contributed by atoms with E-state index < -0.39 is 0 Å². The van der Waals surface area contributed by atoms with Gasteiger partial charge in [-0.1, -0.05) is 0 Å². The molecule has 1 aromatic heterocycles. The molecule has 0 bridgehead atoms. The van der Waals surface area contributed by atoms with Crippen molar-refractivity contribution in [1.29, 1.82) is 0 Å². The van der Waals surface area contributed by atoms with E-state index in [1.165, 1.54) is 28.6 Å². The van der Waals surface area contributed by atoms with E-state index in [2.05, 4.69) is 32.7 Å². The first-order chi connectivity index (χ1) is 5.84. The predicted octanol–water partition coefficient (Wildman–Crippen LogP) is 2.81. The van der Waals surface area contributed by atoms with Gasteiger partial charge in [0.15, 0.2) is 0 Å². The van der Waals surface area contributed by atoms with Gasteiger partial charge in [0, 0.05) is 27.3 Å². The van der Waals surface area contributed by atoms with Gasteiger partial charge in [-0.15, -0.1) is 11.3 Å². The van der Waals surface area contributed by atoms with Gasteiger partial charge in [0.25, 0.3) is 0 Å². The van der Waals surface area contributed by atoms with E-state index in [0.29, 0.717) is 0 Å². The van der Waals surface area contributed by atoms with Crippen LogP contribution < -0.4 is 5.32 Å². The molecule has 2 rings (SSSR count). The maximum Gasteiger partial charge on any atom is 0.0285 e. The number of hydrogen-bond donors (Lipinski definition) is 1. The maximum atomic E-state index is 3.51. The summed E-state index contributed by atoms with van der Waals surface area (Å²) >= 11 is 5.29. The third-order valence-corrected chi connectivity index (χ3v) is 3.76. The van der Waals surface area contributed by atoms with Crippen molar-refractivity contribution in [3.8, 4) is 0 Å². The summed E-state index contributed by atoms with van der Waals surface area (Å²) in [7, 11) is 0. The van der Waals surface area contributed by atoms with E-state index in [4.69, 9.17) is 0 Å². The Balaban J connectivity index is 1.71. The van der Waals surface area contributed by atoms with Crippen LogP contribution >= 0.6 is 27.3 Å². The molecular formula is C9H12BrNS. The molecule has 1 heterocycles. The number of hydrogen-bond acceptors (Lipinski definition) is 2. The van der Waals surface area contributed by atoms with Crippen molar-refractivity contribution >= 4 is 27.3 Å². The van der Waals surface area contributed by atoms with Gasteiger partial charge in [0.1, 0.15) is 0 Å². The van der Waals surface area contributed by atoms with Crippen molar-refractivity contribution < 1.29 is 0 Å². The molecule has 1 nitrogen and oxygen atoms in total. The molecule has 0 spiro atoms. The van der Waals surface area contributed by atoms with Crippen LogP contribution in [0.2, 0.25) is 0 Å². The second-order valence-electron chi connectivity index (χ2n) is 3.21. The minimum Gasteiger partial charge on any atom is -0.314 e. The molecule has 3 heteroatoms. The van der Waals surface area contributed by atoms with Crippen LogP contribution in [0.15, 0.2) is 15.9 Å². The topological polar surface area (TPSA) is 12.0 Å². The molecule has 0 aliphatic heterocycles. The third kappa shape index (κ3) is 2.57. The van der Waals surface area contributed by atoms with Gasteiger partial charge in [0.05, 0.1) is 0 Å². The molecule has 0 atom stereocenters. The standard InChI is InChI=1S/C9H12BrNS/c10-7-5-9(12-6-7)3-4-11-8-1-2-8/h5-6,8,11H,1-4H2. The number of thiophene rings is 1. The van der Waals surface area contributed by atoms with Crippen LogP contribution in [0.25, 0.3) is 0 Å². The van der Waals surface area contributed by atoms with E-state index in [0.717, 1.165) is 12.6 Å². The first-order valence-corrected chi connectivity index (χ1v) is 5.98. The van der Waals surface area contributed by atoms with Crippen LogP contribution in [0.3, 0.4) is 0 Å². The summed E-state index contributed by atoms with van der Waals surface area (Å²) in [6.07, 6.45) is 3.94. The minimum atomic E-state index is 0.841. The van der Waals surface area contributed by atoms with Gasteiger partial charge in [-0.3, -0.25) is 0 Å². The smallest absolute Gasteiger partial charge is 0.0285 e. The highest BCUT2D eigenvalue weighted by molar-refractivity contribution is 9.10. The predicted molar refractivity (Wildman–Crippen MR) is 56.7 cm³/mol. The SMILES string of the molecule is Brc1csc(CCNC2CC2)c1. The zero-order valence-corrected chi connectivity index (χ0v) is 9.25. The van der Waals surface area contributed by atoms with Crippen LogP contribution in [0.4, 0.5) is 0 Å². The zero-order chi connectivity index (χ0) is 8.39. The van der Waals surface area contributed by atoms with Gasteiger partial charge in [-0.25, -0.2) is 0 Å². The number of rotatable bonds is 4. The summed E-state index contributed by atoms with van der Waals surface area (Å²) in [6, 6.07) is 3.05. The molecule has 0 saturated heterocycles. The summed E-state index contributed by atoms with van der Waals surface area (Å²) in [5.74, 6) is 0. The lowest BCUT2D eigenvalue weighted by Gasteiger charge is -1.98. The molecule has 1 fully saturated rings. The van der Waals surface area contributed by atoms with Gasteiger partial charge in [0.2, 0.25) is 0 Å². The van der Waals surface area contributed by atoms with Crippen LogP contribution in [0.5, 0.6) is 0 Å². The summed E-state index contributed by atoms with van der Waals surface area (Å²) in [5.41, 5.74) is 0. The molecule has 1 aromatic rings. The van der Waals surface area contributed by atoms with Crippen molar-refractivity contribution in [1.82, 2.24) is 5.32 Å². The Kier molecular flexibility index (Phi) is 2.84. The van der Waals surface area contributed by atoms with Crippen LogP contribution in [-0.2, 0) is 6.42 Å². The Bertz CT molecular complexity index is 255. The summed E-state index contributed by atoms with van der Waals surface area (Å²) < 4.78 is 1.22. The fourth-order valence-corrected chi connectivity index (χ4v) is 2.63. The van der Waals surface area contributed by atoms with Gasteiger partial charge in [-0.2, -0.15) is 0 Å². The molecule has 0 aromatic carbocycles. The average Bonchev–Trinajstić information content (AvgIpc) is 2.76. The Morgan fingerprint density at radius 2 is 2.42 bits per heavy atom. The van der Waals surface area contributed by atoms with Crippen molar-refractivity contribution in [2.75, 3.05) is 6.54 Å². The summed E-state index contributed by atoms with van der Waals surface area (Å²) in [4.78, 5) is 1.47. The second kappa shape index (κ2) is 3.90. The normalized spacial score (nSPS) is 16.8. The molecule has 1 saturated carbocycles. The largest absolute Gasteiger partial charge is 0.314 e.